The maximum absolute atomic E-state index is 12.1. The zero-order valence-corrected chi connectivity index (χ0v) is 20.7. The van der Waals surface area contributed by atoms with Crippen LogP contribution >= 0.6 is 0 Å². The third-order valence-electron chi connectivity index (χ3n) is 5.30. The number of aryl methyl sites for hydroxylation is 1. The Kier molecular flexibility index (Phi) is 11.9. The van der Waals surface area contributed by atoms with Crippen molar-refractivity contribution in [1.82, 2.24) is 4.90 Å². The van der Waals surface area contributed by atoms with E-state index < -0.39 is 6.16 Å². The molecule has 0 atom stereocenters. The van der Waals surface area contributed by atoms with Crippen LogP contribution in [0.15, 0.2) is 84.9 Å². The lowest BCUT2D eigenvalue weighted by molar-refractivity contribution is 0.151. The van der Waals surface area contributed by atoms with Crippen molar-refractivity contribution in [3.8, 4) is 11.5 Å². The van der Waals surface area contributed by atoms with Crippen LogP contribution in [0.2, 0.25) is 0 Å². The summed E-state index contributed by atoms with van der Waals surface area (Å²) in [6.07, 6.45) is 0.905. The van der Waals surface area contributed by atoms with Gasteiger partial charge in [0, 0.05) is 12.1 Å². The minimum absolute atomic E-state index is 0.0497. The fraction of sp³-hybridized carbons (Fsp3) is 0.345. The summed E-state index contributed by atoms with van der Waals surface area (Å²) in [5.74, 6) is 0.907. The Morgan fingerprint density at radius 3 is 1.91 bits per heavy atom. The van der Waals surface area contributed by atoms with E-state index in [1.165, 1.54) is 0 Å². The Morgan fingerprint density at radius 1 is 0.824 bits per heavy atom. The van der Waals surface area contributed by atoms with Crippen LogP contribution in [0.4, 0.5) is 4.79 Å². The number of hydrogen-bond donors (Lipinski definition) is 1. The molecule has 0 fully saturated rings. The Morgan fingerprint density at radius 2 is 1.38 bits per heavy atom. The number of carbonyl (C=O) groups is 1. The maximum Gasteiger partial charge on any atom is 0.519 e. The first kappa shape index (κ1) is 27.1. The molecular formula is C29H37NO4. The standard InChI is InChI=1S/C23H31NO4.C6H6/c1-17(2)24(18(3)4)14-8-9-20-15-19(16-25)12-13-22(20)28-23(26)27-21-10-6-5-7-11-21;1-2-4-6-5-3-1/h5-7,10-13,15,17-18,25H,8-9,14,16H2,1-4H3;1-6H. The second-order valence-corrected chi connectivity index (χ2v) is 8.55. The van der Waals surface area contributed by atoms with Gasteiger partial charge in [-0.05, 0) is 82.5 Å². The van der Waals surface area contributed by atoms with Gasteiger partial charge in [-0.25, -0.2) is 4.79 Å². The van der Waals surface area contributed by atoms with Crippen LogP contribution in [0.5, 0.6) is 11.5 Å². The molecule has 0 aliphatic heterocycles. The van der Waals surface area contributed by atoms with Gasteiger partial charge in [-0.1, -0.05) is 60.7 Å². The number of aliphatic hydroxyl groups excluding tert-OH is 1. The average Bonchev–Trinajstić information content (AvgIpc) is 2.84. The lowest BCUT2D eigenvalue weighted by atomic mass is 10.0. The second-order valence-electron chi connectivity index (χ2n) is 8.55. The van der Waals surface area contributed by atoms with E-state index in [1.54, 1.807) is 36.4 Å². The van der Waals surface area contributed by atoms with E-state index in [-0.39, 0.29) is 6.61 Å². The minimum atomic E-state index is -0.768. The van der Waals surface area contributed by atoms with Gasteiger partial charge in [0.05, 0.1) is 6.61 Å². The predicted octanol–water partition coefficient (Wildman–Crippen LogP) is 6.49. The molecule has 1 N–H and O–H groups in total. The van der Waals surface area contributed by atoms with Crippen molar-refractivity contribution < 1.29 is 19.4 Å². The quantitative estimate of drug-likeness (QED) is 0.290. The molecule has 0 aliphatic rings. The zero-order valence-electron chi connectivity index (χ0n) is 20.7. The normalized spacial score (nSPS) is 10.7. The molecule has 0 unspecified atom stereocenters. The van der Waals surface area contributed by atoms with Gasteiger partial charge in [-0.3, -0.25) is 4.90 Å². The Labute approximate surface area is 204 Å². The van der Waals surface area contributed by atoms with Crippen LogP contribution in [0, 0.1) is 0 Å². The Balaban J connectivity index is 0.000000589. The van der Waals surface area contributed by atoms with Crippen LogP contribution < -0.4 is 9.47 Å². The van der Waals surface area contributed by atoms with E-state index >= 15 is 0 Å². The molecule has 3 aromatic rings. The summed E-state index contributed by atoms with van der Waals surface area (Å²) < 4.78 is 10.7. The molecule has 0 aliphatic carbocycles. The van der Waals surface area contributed by atoms with Crippen molar-refractivity contribution in [2.24, 2.45) is 0 Å². The molecule has 5 nitrogen and oxygen atoms in total. The Bertz CT molecular complexity index is 924. The van der Waals surface area contributed by atoms with Gasteiger partial charge in [-0.2, -0.15) is 0 Å². The van der Waals surface area contributed by atoms with Gasteiger partial charge in [0.25, 0.3) is 0 Å². The van der Waals surface area contributed by atoms with Crippen molar-refractivity contribution in [3.05, 3.63) is 96.1 Å². The van der Waals surface area contributed by atoms with Gasteiger partial charge in [0.15, 0.2) is 0 Å². The van der Waals surface area contributed by atoms with Gasteiger partial charge < -0.3 is 14.6 Å². The number of nitrogens with zero attached hydrogens (tertiary/aromatic N) is 1. The number of hydrogen-bond acceptors (Lipinski definition) is 5. The minimum Gasteiger partial charge on any atom is -0.395 e. The van der Waals surface area contributed by atoms with Crippen LogP contribution in [0.3, 0.4) is 0 Å². The summed E-state index contributed by atoms with van der Waals surface area (Å²) in [6, 6.07) is 27.1. The molecule has 3 rings (SSSR count). The lowest BCUT2D eigenvalue weighted by Crippen LogP contribution is -2.37. The molecule has 0 spiro atoms. The van der Waals surface area contributed by atoms with Gasteiger partial charge >= 0.3 is 6.16 Å². The summed E-state index contributed by atoms with van der Waals surface area (Å²) >= 11 is 0. The lowest BCUT2D eigenvalue weighted by Gasteiger charge is -2.30. The summed E-state index contributed by atoms with van der Waals surface area (Å²) in [5.41, 5.74) is 1.69. The van der Waals surface area contributed by atoms with Gasteiger partial charge in [0.1, 0.15) is 11.5 Å². The summed E-state index contributed by atoms with van der Waals surface area (Å²) in [6.45, 7) is 9.68. The van der Waals surface area contributed by atoms with E-state index in [4.69, 9.17) is 9.47 Å². The molecule has 0 saturated carbocycles. The van der Waals surface area contributed by atoms with Crippen molar-refractivity contribution >= 4 is 6.16 Å². The summed E-state index contributed by atoms with van der Waals surface area (Å²) in [7, 11) is 0. The number of benzene rings is 3. The molecule has 0 radical (unpaired) electrons. The summed E-state index contributed by atoms with van der Waals surface area (Å²) in [4.78, 5) is 14.6. The Hall–Kier alpha value is -3.15. The first-order valence-electron chi connectivity index (χ1n) is 11.8. The number of carbonyl (C=O) groups excluding carboxylic acids is 1. The largest absolute Gasteiger partial charge is 0.519 e. The van der Waals surface area contributed by atoms with Crippen LogP contribution in [0.1, 0.15) is 45.2 Å². The van der Waals surface area contributed by atoms with Crippen molar-refractivity contribution in [2.45, 2.75) is 59.2 Å². The van der Waals surface area contributed by atoms with E-state index in [9.17, 15) is 9.90 Å². The highest BCUT2D eigenvalue weighted by Crippen LogP contribution is 2.23. The second kappa shape index (κ2) is 14.9. The SMILES string of the molecule is CC(C)N(CCCc1cc(CO)ccc1OC(=O)Oc1ccccc1)C(C)C.c1ccccc1. The number of para-hydroxylation sites is 1. The molecule has 5 heteroatoms. The molecule has 0 amide bonds. The monoisotopic (exact) mass is 463 g/mol. The molecule has 3 aromatic carbocycles. The van der Waals surface area contributed by atoms with Gasteiger partial charge in [-0.15, -0.1) is 0 Å². The van der Waals surface area contributed by atoms with E-state index in [0.717, 1.165) is 30.5 Å². The van der Waals surface area contributed by atoms with Crippen LogP contribution in [-0.4, -0.2) is 34.8 Å². The predicted molar refractivity (Wildman–Crippen MR) is 137 cm³/mol. The third kappa shape index (κ3) is 9.77. The number of aliphatic hydroxyl groups is 1. The van der Waals surface area contributed by atoms with E-state index in [2.05, 4.69) is 32.6 Å². The maximum atomic E-state index is 12.1. The van der Waals surface area contributed by atoms with Gasteiger partial charge in [0.2, 0.25) is 0 Å². The number of rotatable bonds is 9. The first-order chi connectivity index (χ1) is 16.4. The first-order valence-corrected chi connectivity index (χ1v) is 11.8. The fourth-order valence-corrected chi connectivity index (χ4v) is 3.67. The zero-order chi connectivity index (χ0) is 24.8. The molecule has 182 valence electrons. The highest BCUT2D eigenvalue weighted by molar-refractivity contribution is 5.67. The smallest absolute Gasteiger partial charge is 0.395 e. The van der Waals surface area contributed by atoms with Crippen molar-refractivity contribution in [1.29, 1.82) is 0 Å². The van der Waals surface area contributed by atoms with Crippen molar-refractivity contribution in [3.63, 3.8) is 0 Å². The van der Waals surface area contributed by atoms with Crippen molar-refractivity contribution in [2.75, 3.05) is 6.54 Å². The highest BCUT2D eigenvalue weighted by atomic mass is 16.7. The van der Waals surface area contributed by atoms with E-state index in [1.807, 2.05) is 48.5 Å². The average molecular weight is 464 g/mol. The molecule has 0 saturated heterocycles. The topological polar surface area (TPSA) is 59.0 Å². The highest BCUT2D eigenvalue weighted by Gasteiger charge is 2.15. The van der Waals surface area contributed by atoms with Crippen LogP contribution in [-0.2, 0) is 13.0 Å². The third-order valence-corrected chi connectivity index (χ3v) is 5.30. The molecule has 0 heterocycles. The van der Waals surface area contributed by atoms with Crippen LogP contribution in [0.25, 0.3) is 0 Å². The van der Waals surface area contributed by atoms with E-state index in [0.29, 0.717) is 23.6 Å². The fourth-order valence-electron chi connectivity index (χ4n) is 3.67. The molecule has 0 aromatic heterocycles. The summed E-state index contributed by atoms with van der Waals surface area (Å²) in [5, 5.41) is 9.45. The molecule has 34 heavy (non-hydrogen) atoms. The molecular weight excluding hydrogens is 426 g/mol. The molecule has 0 bridgehead atoms. The number of ether oxygens (including phenoxy) is 2.